The second-order valence-corrected chi connectivity index (χ2v) is 7.93. The second kappa shape index (κ2) is 7.66. The molecule has 5 rings (SSSR count). The predicted molar refractivity (Wildman–Crippen MR) is 112 cm³/mol. The average Bonchev–Trinajstić information content (AvgIpc) is 3.50. The molecule has 5 nitrogen and oxygen atoms in total. The zero-order valence-electron chi connectivity index (χ0n) is 16.3. The molecular formula is C24H24N4O. The third kappa shape index (κ3) is 3.60. The van der Waals surface area contributed by atoms with E-state index in [0.29, 0.717) is 17.5 Å². The highest BCUT2D eigenvalue weighted by atomic mass is 16.2. The van der Waals surface area contributed by atoms with Crippen LogP contribution in [0, 0.1) is 11.8 Å². The molecule has 0 radical (unpaired) electrons. The van der Waals surface area contributed by atoms with Gasteiger partial charge in [-0.2, -0.15) is 0 Å². The van der Waals surface area contributed by atoms with Crippen LogP contribution in [0.15, 0.2) is 73.5 Å². The number of fused-ring (bicyclic) bond motifs is 1. The Balaban J connectivity index is 1.25. The highest BCUT2D eigenvalue weighted by Gasteiger charge is 2.40. The van der Waals surface area contributed by atoms with Crippen LogP contribution in [-0.2, 0) is 13.0 Å². The van der Waals surface area contributed by atoms with Crippen LogP contribution in [0.1, 0.15) is 28.0 Å². The molecule has 1 fully saturated rings. The molecule has 0 N–H and O–H groups in total. The van der Waals surface area contributed by atoms with Gasteiger partial charge in [-0.3, -0.25) is 9.78 Å². The SMILES string of the molecule is O=C(c1cnccn1)N1CC2CC=C(c3ccc(CCn4cccc4)cc3)C2C1. The molecule has 1 aliphatic carbocycles. The molecule has 1 aromatic carbocycles. The van der Waals surface area contributed by atoms with Crippen molar-refractivity contribution in [2.45, 2.75) is 19.4 Å². The lowest BCUT2D eigenvalue weighted by Gasteiger charge is -2.17. The molecule has 2 aliphatic rings. The van der Waals surface area contributed by atoms with E-state index in [9.17, 15) is 4.79 Å². The number of benzene rings is 1. The molecule has 1 aliphatic heterocycles. The summed E-state index contributed by atoms with van der Waals surface area (Å²) in [4.78, 5) is 22.9. The third-order valence-electron chi connectivity index (χ3n) is 6.16. The minimum absolute atomic E-state index is 0.00721. The van der Waals surface area contributed by atoms with Gasteiger partial charge in [0, 0.05) is 50.3 Å². The van der Waals surface area contributed by atoms with Gasteiger partial charge >= 0.3 is 0 Å². The molecule has 2 unspecified atom stereocenters. The van der Waals surface area contributed by atoms with Crippen molar-refractivity contribution in [3.63, 3.8) is 0 Å². The van der Waals surface area contributed by atoms with Crippen LogP contribution < -0.4 is 0 Å². The van der Waals surface area contributed by atoms with Gasteiger partial charge in [-0.05, 0) is 47.6 Å². The monoisotopic (exact) mass is 384 g/mol. The largest absolute Gasteiger partial charge is 0.354 e. The van der Waals surface area contributed by atoms with E-state index in [2.05, 4.69) is 69.4 Å². The summed E-state index contributed by atoms with van der Waals surface area (Å²) in [5.41, 5.74) is 4.46. The van der Waals surface area contributed by atoms with Crippen LogP contribution in [0.3, 0.4) is 0 Å². The van der Waals surface area contributed by atoms with E-state index in [1.165, 1.54) is 16.7 Å². The molecular weight excluding hydrogens is 360 g/mol. The van der Waals surface area contributed by atoms with Gasteiger partial charge in [-0.25, -0.2) is 4.98 Å². The van der Waals surface area contributed by atoms with Crippen molar-refractivity contribution >= 4 is 11.5 Å². The number of aryl methyl sites for hydroxylation is 2. The van der Waals surface area contributed by atoms with Crippen molar-refractivity contribution in [3.8, 4) is 0 Å². The van der Waals surface area contributed by atoms with Crippen LogP contribution in [-0.4, -0.2) is 38.4 Å². The summed E-state index contributed by atoms with van der Waals surface area (Å²) in [6.45, 7) is 2.56. The maximum atomic E-state index is 12.7. The molecule has 2 aromatic heterocycles. The standard InChI is InChI=1S/C24H24N4O/c29-24(23-15-25-10-11-26-23)28-16-20-7-8-21(22(20)17-28)19-5-3-18(4-6-19)9-14-27-12-1-2-13-27/h1-6,8,10-13,15,20,22H,7,9,14,16-17H2. The van der Waals surface area contributed by atoms with Crippen LogP contribution in [0.4, 0.5) is 0 Å². The number of carbonyl (C=O) groups is 1. The van der Waals surface area contributed by atoms with Gasteiger partial charge in [0.1, 0.15) is 5.69 Å². The lowest BCUT2D eigenvalue weighted by atomic mass is 9.90. The van der Waals surface area contributed by atoms with Gasteiger partial charge in [0.15, 0.2) is 0 Å². The number of rotatable bonds is 5. The number of carbonyl (C=O) groups excluding carboxylic acids is 1. The van der Waals surface area contributed by atoms with Crippen molar-refractivity contribution in [2.24, 2.45) is 11.8 Å². The average molecular weight is 384 g/mol. The van der Waals surface area contributed by atoms with E-state index >= 15 is 0 Å². The molecule has 0 saturated carbocycles. The Morgan fingerprint density at radius 2 is 1.90 bits per heavy atom. The normalized spacial score (nSPS) is 20.6. The van der Waals surface area contributed by atoms with Gasteiger partial charge < -0.3 is 9.47 Å². The fourth-order valence-corrected chi connectivity index (χ4v) is 4.60. The first-order valence-corrected chi connectivity index (χ1v) is 10.2. The summed E-state index contributed by atoms with van der Waals surface area (Å²) < 4.78 is 2.21. The molecule has 1 amide bonds. The Bertz CT molecular complexity index is 1010. The summed E-state index contributed by atoms with van der Waals surface area (Å²) in [7, 11) is 0. The minimum Gasteiger partial charge on any atom is -0.354 e. The number of likely N-dealkylation sites (tertiary alicyclic amines) is 1. The molecule has 2 atom stereocenters. The molecule has 3 aromatic rings. The molecule has 3 heterocycles. The van der Waals surface area contributed by atoms with Gasteiger partial charge in [0.25, 0.3) is 5.91 Å². The number of aromatic nitrogens is 3. The van der Waals surface area contributed by atoms with Crippen LogP contribution in [0.2, 0.25) is 0 Å². The number of allylic oxidation sites excluding steroid dienone is 1. The van der Waals surface area contributed by atoms with Crippen molar-refractivity contribution in [3.05, 3.63) is 90.3 Å². The summed E-state index contributed by atoms with van der Waals surface area (Å²) in [5.74, 6) is 0.924. The fourth-order valence-electron chi connectivity index (χ4n) is 4.60. The molecule has 0 bridgehead atoms. The number of hydrogen-bond acceptors (Lipinski definition) is 3. The zero-order chi connectivity index (χ0) is 19.6. The quantitative estimate of drug-likeness (QED) is 0.674. The van der Waals surface area contributed by atoms with E-state index in [1.54, 1.807) is 18.6 Å². The van der Waals surface area contributed by atoms with Gasteiger partial charge in [0.2, 0.25) is 0 Å². The van der Waals surface area contributed by atoms with Crippen molar-refractivity contribution in [1.82, 2.24) is 19.4 Å². The third-order valence-corrected chi connectivity index (χ3v) is 6.16. The molecule has 0 spiro atoms. The highest BCUT2D eigenvalue weighted by Crippen LogP contribution is 2.43. The van der Waals surface area contributed by atoms with Gasteiger partial charge in [-0.15, -0.1) is 0 Å². The number of nitrogens with zero attached hydrogens (tertiary/aromatic N) is 4. The Hall–Kier alpha value is -3.21. The van der Waals surface area contributed by atoms with E-state index in [0.717, 1.165) is 32.5 Å². The maximum Gasteiger partial charge on any atom is 0.274 e. The second-order valence-electron chi connectivity index (χ2n) is 7.93. The first-order valence-electron chi connectivity index (χ1n) is 10.2. The van der Waals surface area contributed by atoms with Gasteiger partial charge in [-0.1, -0.05) is 30.3 Å². The van der Waals surface area contributed by atoms with Crippen molar-refractivity contribution in [1.29, 1.82) is 0 Å². The first kappa shape index (κ1) is 17.9. The Kier molecular flexibility index (Phi) is 4.72. The smallest absolute Gasteiger partial charge is 0.274 e. The lowest BCUT2D eigenvalue weighted by molar-refractivity contribution is 0.0779. The molecule has 29 heavy (non-hydrogen) atoms. The number of amides is 1. The van der Waals surface area contributed by atoms with Crippen molar-refractivity contribution in [2.75, 3.05) is 13.1 Å². The Morgan fingerprint density at radius 3 is 2.66 bits per heavy atom. The van der Waals surface area contributed by atoms with E-state index < -0.39 is 0 Å². The topological polar surface area (TPSA) is 51.0 Å². The Morgan fingerprint density at radius 1 is 1.07 bits per heavy atom. The molecule has 146 valence electrons. The Labute approximate surface area is 170 Å². The fraction of sp³-hybridized carbons (Fsp3) is 0.292. The maximum absolute atomic E-state index is 12.7. The first-order chi connectivity index (χ1) is 14.3. The summed E-state index contributed by atoms with van der Waals surface area (Å²) >= 11 is 0. The van der Waals surface area contributed by atoms with Crippen LogP contribution in [0.25, 0.3) is 5.57 Å². The molecule has 1 saturated heterocycles. The summed E-state index contributed by atoms with van der Waals surface area (Å²) in [6, 6.07) is 13.1. The van der Waals surface area contributed by atoms with Crippen molar-refractivity contribution < 1.29 is 4.79 Å². The molecule has 5 heteroatoms. The van der Waals surface area contributed by atoms with E-state index in [-0.39, 0.29) is 5.91 Å². The zero-order valence-corrected chi connectivity index (χ0v) is 16.3. The predicted octanol–water partition coefficient (Wildman–Crippen LogP) is 3.70. The van der Waals surface area contributed by atoms with Gasteiger partial charge in [0.05, 0.1) is 6.20 Å². The van der Waals surface area contributed by atoms with Crippen LogP contribution in [0.5, 0.6) is 0 Å². The summed E-state index contributed by atoms with van der Waals surface area (Å²) in [6.07, 6.45) is 13.4. The van der Waals surface area contributed by atoms with Crippen LogP contribution >= 0.6 is 0 Å². The highest BCUT2D eigenvalue weighted by molar-refractivity contribution is 5.92. The number of hydrogen-bond donors (Lipinski definition) is 0. The van der Waals surface area contributed by atoms with E-state index in [4.69, 9.17) is 0 Å². The van der Waals surface area contributed by atoms with E-state index in [1.807, 2.05) is 4.90 Å². The minimum atomic E-state index is -0.00721. The summed E-state index contributed by atoms with van der Waals surface area (Å²) in [5, 5.41) is 0. The lowest BCUT2D eigenvalue weighted by Crippen LogP contribution is -2.30.